The molecule has 29 heavy (non-hydrogen) atoms. The van der Waals surface area contributed by atoms with E-state index < -0.39 is 0 Å². The van der Waals surface area contributed by atoms with Crippen molar-refractivity contribution in [3.05, 3.63) is 66.9 Å². The number of benzene rings is 2. The first kappa shape index (κ1) is 17.2. The molecule has 0 aliphatic carbocycles. The molecule has 0 spiro atoms. The topological polar surface area (TPSA) is 86.5 Å². The number of pyridine rings is 1. The van der Waals surface area contributed by atoms with Crippen LogP contribution in [-0.2, 0) is 4.79 Å². The van der Waals surface area contributed by atoms with Crippen LogP contribution in [0, 0.1) is 0 Å². The number of H-pyrrole nitrogens is 2. The van der Waals surface area contributed by atoms with Crippen molar-refractivity contribution in [3.8, 4) is 22.5 Å². The van der Waals surface area contributed by atoms with E-state index in [0.717, 1.165) is 50.1 Å². The summed E-state index contributed by atoms with van der Waals surface area (Å²) in [7, 11) is 0. The van der Waals surface area contributed by atoms with Crippen LogP contribution in [0.4, 0.5) is 5.69 Å². The zero-order chi connectivity index (χ0) is 19.8. The third-order valence-electron chi connectivity index (χ3n) is 5.01. The summed E-state index contributed by atoms with van der Waals surface area (Å²) < 4.78 is 0. The minimum atomic E-state index is 0.00198. The monoisotopic (exact) mass is 381 g/mol. The molecule has 0 aliphatic heterocycles. The van der Waals surface area contributed by atoms with Gasteiger partial charge in [-0.1, -0.05) is 25.1 Å². The van der Waals surface area contributed by atoms with E-state index in [1.54, 1.807) is 6.20 Å². The highest BCUT2D eigenvalue weighted by molar-refractivity contribution is 5.97. The highest BCUT2D eigenvalue weighted by atomic mass is 16.1. The first-order valence-electron chi connectivity index (χ1n) is 9.54. The van der Waals surface area contributed by atoms with Crippen LogP contribution in [0.3, 0.4) is 0 Å². The van der Waals surface area contributed by atoms with Crippen molar-refractivity contribution in [2.75, 3.05) is 5.32 Å². The Morgan fingerprint density at radius 2 is 1.90 bits per heavy atom. The van der Waals surface area contributed by atoms with Crippen LogP contribution >= 0.6 is 0 Å². The van der Waals surface area contributed by atoms with Crippen LogP contribution in [0.15, 0.2) is 66.9 Å². The summed E-state index contributed by atoms with van der Waals surface area (Å²) in [6, 6.07) is 20.0. The highest BCUT2D eigenvalue weighted by Gasteiger charge is 2.13. The second-order valence-corrected chi connectivity index (χ2v) is 6.93. The average molecular weight is 381 g/mol. The molecule has 6 nitrogen and oxygen atoms in total. The molecule has 0 atom stereocenters. The van der Waals surface area contributed by atoms with Gasteiger partial charge in [-0.3, -0.25) is 14.9 Å². The van der Waals surface area contributed by atoms with E-state index in [9.17, 15) is 4.79 Å². The number of carbonyl (C=O) groups excluding carboxylic acids is 1. The predicted octanol–water partition coefficient (Wildman–Crippen LogP) is 5.12. The second kappa shape index (κ2) is 6.91. The Morgan fingerprint density at radius 1 is 1.00 bits per heavy atom. The number of fused-ring (bicyclic) bond motifs is 2. The van der Waals surface area contributed by atoms with Gasteiger partial charge in [0, 0.05) is 23.7 Å². The summed E-state index contributed by atoms with van der Waals surface area (Å²) in [6.45, 7) is 1.84. The van der Waals surface area contributed by atoms with Crippen molar-refractivity contribution < 1.29 is 4.79 Å². The fourth-order valence-electron chi connectivity index (χ4n) is 3.51. The number of aromatic nitrogens is 4. The van der Waals surface area contributed by atoms with E-state index in [1.165, 1.54) is 0 Å². The summed E-state index contributed by atoms with van der Waals surface area (Å²) >= 11 is 0. The van der Waals surface area contributed by atoms with Gasteiger partial charge in [-0.2, -0.15) is 5.10 Å². The van der Waals surface area contributed by atoms with Crippen LogP contribution in [0.2, 0.25) is 0 Å². The maximum Gasteiger partial charge on any atom is 0.224 e. The number of nitrogens with one attached hydrogen (secondary N) is 3. The molecule has 2 aromatic carbocycles. The van der Waals surface area contributed by atoms with Gasteiger partial charge < -0.3 is 10.3 Å². The maximum atomic E-state index is 11.7. The van der Waals surface area contributed by atoms with Crippen LogP contribution in [0.25, 0.3) is 44.5 Å². The SMILES string of the molecule is CCC(=O)Nc1cccc(-c2ccc3[nH]nc(-c4cc5ncccc5[nH]4)c3c2)c1. The number of carbonyl (C=O) groups is 1. The molecule has 3 aromatic heterocycles. The van der Waals surface area contributed by atoms with Gasteiger partial charge in [0.15, 0.2) is 0 Å². The summed E-state index contributed by atoms with van der Waals surface area (Å²) in [6.07, 6.45) is 2.24. The number of rotatable bonds is 4. The first-order valence-corrected chi connectivity index (χ1v) is 9.54. The number of anilines is 1. The summed E-state index contributed by atoms with van der Waals surface area (Å²) in [4.78, 5) is 19.5. The molecule has 0 saturated carbocycles. The lowest BCUT2D eigenvalue weighted by atomic mass is 10.0. The Bertz CT molecular complexity index is 1310. The lowest BCUT2D eigenvalue weighted by Crippen LogP contribution is -2.09. The van der Waals surface area contributed by atoms with Crippen LogP contribution in [-0.4, -0.2) is 26.1 Å². The highest BCUT2D eigenvalue weighted by Crippen LogP contribution is 2.32. The lowest BCUT2D eigenvalue weighted by Gasteiger charge is -2.07. The molecule has 0 unspecified atom stereocenters. The van der Waals surface area contributed by atoms with Crippen LogP contribution in [0.1, 0.15) is 13.3 Å². The van der Waals surface area contributed by atoms with Gasteiger partial charge in [0.05, 0.1) is 22.2 Å². The van der Waals surface area contributed by atoms with Crippen LogP contribution < -0.4 is 5.32 Å². The van der Waals surface area contributed by atoms with Crippen molar-refractivity contribution in [2.24, 2.45) is 0 Å². The smallest absolute Gasteiger partial charge is 0.224 e. The van der Waals surface area contributed by atoms with Gasteiger partial charge >= 0.3 is 0 Å². The normalized spacial score (nSPS) is 11.2. The molecular formula is C23H19N5O. The Labute approximate surface area is 167 Å². The van der Waals surface area contributed by atoms with Gasteiger partial charge in [0.2, 0.25) is 5.91 Å². The number of amides is 1. The van der Waals surface area contributed by atoms with Crippen molar-refractivity contribution in [1.82, 2.24) is 20.2 Å². The first-order chi connectivity index (χ1) is 14.2. The number of hydrogen-bond donors (Lipinski definition) is 3. The van der Waals surface area contributed by atoms with E-state index in [0.29, 0.717) is 6.42 Å². The maximum absolute atomic E-state index is 11.7. The molecule has 0 saturated heterocycles. The van der Waals surface area contributed by atoms with E-state index in [2.05, 4.69) is 37.6 Å². The van der Waals surface area contributed by atoms with Gasteiger partial charge in [-0.05, 0) is 53.6 Å². The van der Waals surface area contributed by atoms with E-state index in [-0.39, 0.29) is 5.91 Å². The van der Waals surface area contributed by atoms with Gasteiger partial charge in [0.1, 0.15) is 5.69 Å². The summed E-state index contributed by atoms with van der Waals surface area (Å²) in [5, 5.41) is 11.6. The van der Waals surface area contributed by atoms with Crippen molar-refractivity contribution in [1.29, 1.82) is 0 Å². The minimum Gasteiger partial charge on any atom is -0.352 e. The molecule has 3 N–H and O–H groups in total. The van der Waals surface area contributed by atoms with Crippen LogP contribution in [0.5, 0.6) is 0 Å². The lowest BCUT2D eigenvalue weighted by molar-refractivity contribution is -0.115. The van der Waals surface area contributed by atoms with Gasteiger partial charge in [-0.25, -0.2) is 0 Å². The molecule has 5 aromatic rings. The Balaban J connectivity index is 1.58. The molecule has 0 fully saturated rings. The van der Waals surface area contributed by atoms with E-state index in [4.69, 9.17) is 0 Å². The Kier molecular flexibility index (Phi) is 4.09. The number of nitrogens with zero attached hydrogens (tertiary/aromatic N) is 2. The molecular weight excluding hydrogens is 362 g/mol. The zero-order valence-corrected chi connectivity index (χ0v) is 15.9. The predicted molar refractivity (Wildman–Crippen MR) is 116 cm³/mol. The van der Waals surface area contributed by atoms with E-state index >= 15 is 0 Å². The third kappa shape index (κ3) is 3.14. The average Bonchev–Trinajstić information content (AvgIpc) is 3.37. The molecule has 142 valence electrons. The summed E-state index contributed by atoms with van der Waals surface area (Å²) in [5.74, 6) is 0.00198. The zero-order valence-electron chi connectivity index (χ0n) is 15.9. The molecule has 5 rings (SSSR count). The molecule has 3 heterocycles. The fraction of sp³-hybridized carbons (Fsp3) is 0.0870. The standard InChI is InChI=1S/C23H19N5O/c1-2-22(29)25-16-6-3-5-14(11-16)15-8-9-18-17(12-15)23(28-27-18)21-13-20-19(26-21)7-4-10-24-20/h3-13,26H,2H2,1H3,(H,25,29)(H,27,28). The van der Waals surface area contributed by atoms with Crippen molar-refractivity contribution >= 4 is 33.5 Å². The fourth-order valence-corrected chi connectivity index (χ4v) is 3.51. The molecule has 1 amide bonds. The van der Waals surface area contributed by atoms with Gasteiger partial charge in [-0.15, -0.1) is 0 Å². The molecule has 0 bridgehead atoms. The number of hydrogen-bond acceptors (Lipinski definition) is 3. The molecule has 0 radical (unpaired) electrons. The number of aromatic amines is 2. The third-order valence-corrected chi connectivity index (χ3v) is 5.01. The summed E-state index contributed by atoms with van der Waals surface area (Å²) in [5.41, 5.74) is 7.52. The van der Waals surface area contributed by atoms with Gasteiger partial charge in [0.25, 0.3) is 0 Å². The largest absolute Gasteiger partial charge is 0.352 e. The van der Waals surface area contributed by atoms with E-state index in [1.807, 2.05) is 55.5 Å². The Hall–Kier alpha value is -3.93. The molecule has 6 heteroatoms. The minimum absolute atomic E-state index is 0.00198. The van der Waals surface area contributed by atoms with Crippen molar-refractivity contribution in [2.45, 2.75) is 13.3 Å². The second-order valence-electron chi connectivity index (χ2n) is 6.93. The quantitative estimate of drug-likeness (QED) is 0.404. The Morgan fingerprint density at radius 3 is 2.76 bits per heavy atom. The molecule has 0 aliphatic rings. The van der Waals surface area contributed by atoms with Crippen molar-refractivity contribution in [3.63, 3.8) is 0 Å².